The first kappa shape index (κ1) is 7.78. The highest BCUT2D eigenvalue weighted by atomic mass is 16.2. The molecule has 6 heteroatoms. The van der Waals surface area contributed by atoms with Gasteiger partial charge in [-0.2, -0.15) is 0 Å². The lowest BCUT2D eigenvalue weighted by Gasteiger charge is -2.03. The number of carbonyl (C=O) groups is 1. The fraction of sp³-hybridized carbons (Fsp3) is 0.286. The maximum atomic E-state index is 11.3. The second-order valence-corrected chi connectivity index (χ2v) is 2.92. The summed E-state index contributed by atoms with van der Waals surface area (Å²) < 4.78 is 0. The van der Waals surface area contributed by atoms with Gasteiger partial charge in [-0.25, -0.2) is 4.79 Å². The van der Waals surface area contributed by atoms with E-state index < -0.39 is 11.2 Å². The smallest absolute Gasteiger partial charge is 0.326 e. The summed E-state index contributed by atoms with van der Waals surface area (Å²) in [5.41, 5.74) is -0.702. The van der Waals surface area contributed by atoms with E-state index in [9.17, 15) is 14.4 Å². The molecule has 0 saturated carbocycles. The Bertz CT molecular complexity index is 484. The van der Waals surface area contributed by atoms with Crippen LogP contribution in [0.1, 0.15) is 16.1 Å². The molecular weight excluding hydrogens is 174 g/mol. The Morgan fingerprint density at radius 3 is 2.62 bits per heavy atom. The van der Waals surface area contributed by atoms with Gasteiger partial charge in [0.25, 0.3) is 11.5 Å². The molecule has 2 heterocycles. The van der Waals surface area contributed by atoms with Crippen LogP contribution in [0.15, 0.2) is 9.59 Å². The lowest BCUT2D eigenvalue weighted by molar-refractivity contribution is 0.0812. The first-order chi connectivity index (χ1) is 6.09. The minimum atomic E-state index is -0.646. The molecule has 0 radical (unpaired) electrons. The van der Waals surface area contributed by atoms with Crippen LogP contribution in [0.5, 0.6) is 0 Å². The van der Waals surface area contributed by atoms with Crippen LogP contribution in [-0.2, 0) is 6.54 Å². The molecule has 1 aliphatic rings. The topological polar surface area (TPSA) is 86.0 Å². The summed E-state index contributed by atoms with van der Waals surface area (Å²) in [5, 5.41) is 0. The van der Waals surface area contributed by atoms with E-state index in [-0.39, 0.29) is 18.1 Å². The molecule has 68 valence electrons. The number of fused-ring (bicyclic) bond motifs is 1. The van der Waals surface area contributed by atoms with Crippen LogP contribution < -0.4 is 11.2 Å². The van der Waals surface area contributed by atoms with Crippen molar-refractivity contribution in [3.8, 4) is 0 Å². The molecule has 1 aromatic rings. The van der Waals surface area contributed by atoms with Crippen molar-refractivity contribution >= 4 is 5.91 Å². The SMILES string of the molecule is CN1Cc2c([nH]c(=O)[nH]c2=O)C1=O. The van der Waals surface area contributed by atoms with Crippen molar-refractivity contribution in [3.63, 3.8) is 0 Å². The van der Waals surface area contributed by atoms with Crippen molar-refractivity contribution in [3.05, 3.63) is 32.1 Å². The monoisotopic (exact) mass is 181 g/mol. The van der Waals surface area contributed by atoms with E-state index in [1.807, 2.05) is 0 Å². The summed E-state index contributed by atoms with van der Waals surface area (Å²) in [4.78, 5) is 39.0. The number of nitrogens with one attached hydrogen (secondary N) is 2. The third-order valence-electron chi connectivity index (χ3n) is 2.00. The van der Waals surface area contributed by atoms with Crippen molar-refractivity contribution in [2.24, 2.45) is 0 Å². The highest BCUT2D eigenvalue weighted by Crippen LogP contribution is 2.12. The molecule has 1 amide bonds. The molecule has 0 saturated heterocycles. The third-order valence-corrected chi connectivity index (χ3v) is 2.00. The van der Waals surface area contributed by atoms with Crippen molar-refractivity contribution in [1.82, 2.24) is 14.9 Å². The lowest BCUT2D eigenvalue weighted by Crippen LogP contribution is -2.26. The minimum absolute atomic E-state index is 0.108. The van der Waals surface area contributed by atoms with E-state index in [0.717, 1.165) is 0 Å². The number of aromatic nitrogens is 2. The fourth-order valence-electron chi connectivity index (χ4n) is 1.35. The number of H-pyrrole nitrogens is 2. The molecular formula is C7H7N3O3. The molecule has 2 rings (SSSR count). The Morgan fingerprint density at radius 1 is 1.23 bits per heavy atom. The second-order valence-electron chi connectivity index (χ2n) is 2.92. The van der Waals surface area contributed by atoms with Crippen LogP contribution in [0.3, 0.4) is 0 Å². The molecule has 13 heavy (non-hydrogen) atoms. The van der Waals surface area contributed by atoms with Gasteiger partial charge in [0, 0.05) is 7.05 Å². The molecule has 1 aliphatic heterocycles. The number of amides is 1. The molecule has 0 atom stereocenters. The maximum Gasteiger partial charge on any atom is 0.326 e. The average Bonchev–Trinajstić information content (AvgIpc) is 2.32. The van der Waals surface area contributed by atoms with Gasteiger partial charge in [0.2, 0.25) is 0 Å². The summed E-state index contributed by atoms with van der Waals surface area (Å²) in [5.74, 6) is -0.321. The number of aromatic amines is 2. The van der Waals surface area contributed by atoms with Crippen LogP contribution in [0.4, 0.5) is 0 Å². The highest BCUT2D eigenvalue weighted by Gasteiger charge is 2.27. The Labute approximate surface area is 72.2 Å². The summed E-state index contributed by atoms with van der Waals surface area (Å²) >= 11 is 0. The van der Waals surface area contributed by atoms with E-state index >= 15 is 0 Å². The van der Waals surface area contributed by atoms with Crippen molar-refractivity contribution in [2.45, 2.75) is 6.54 Å². The third kappa shape index (κ3) is 0.986. The first-order valence-electron chi connectivity index (χ1n) is 3.70. The van der Waals surface area contributed by atoms with Crippen LogP contribution >= 0.6 is 0 Å². The number of rotatable bonds is 0. The summed E-state index contributed by atoms with van der Waals surface area (Å²) in [7, 11) is 1.57. The van der Waals surface area contributed by atoms with Crippen LogP contribution in [-0.4, -0.2) is 27.8 Å². The molecule has 0 unspecified atom stereocenters. The van der Waals surface area contributed by atoms with E-state index in [1.165, 1.54) is 4.90 Å². The minimum Gasteiger partial charge on any atom is -0.336 e. The Morgan fingerprint density at radius 2 is 1.92 bits per heavy atom. The normalized spacial score (nSPS) is 14.8. The quantitative estimate of drug-likeness (QED) is 0.518. The molecule has 0 aromatic carbocycles. The Kier molecular flexibility index (Phi) is 1.39. The number of nitrogens with zero attached hydrogens (tertiary/aromatic N) is 1. The van der Waals surface area contributed by atoms with Gasteiger partial charge in [-0.15, -0.1) is 0 Å². The van der Waals surface area contributed by atoms with Crippen molar-refractivity contribution in [2.75, 3.05) is 7.05 Å². The lowest BCUT2D eigenvalue weighted by atomic mass is 10.3. The summed E-state index contributed by atoms with van der Waals surface area (Å²) in [6.45, 7) is 0.250. The first-order valence-corrected chi connectivity index (χ1v) is 3.70. The van der Waals surface area contributed by atoms with E-state index in [2.05, 4.69) is 9.97 Å². The van der Waals surface area contributed by atoms with E-state index in [0.29, 0.717) is 5.56 Å². The molecule has 0 aliphatic carbocycles. The fourth-order valence-corrected chi connectivity index (χ4v) is 1.35. The van der Waals surface area contributed by atoms with Gasteiger partial charge >= 0.3 is 5.69 Å². The average molecular weight is 181 g/mol. The molecule has 0 spiro atoms. The van der Waals surface area contributed by atoms with Gasteiger partial charge in [-0.3, -0.25) is 14.6 Å². The van der Waals surface area contributed by atoms with E-state index in [4.69, 9.17) is 0 Å². The molecule has 1 aromatic heterocycles. The zero-order valence-electron chi connectivity index (χ0n) is 6.88. The predicted molar refractivity (Wildman–Crippen MR) is 43.5 cm³/mol. The van der Waals surface area contributed by atoms with Gasteiger partial charge < -0.3 is 9.88 Å². The molecule has 0 bridgehead atoms. The second kappa shape index (κ2) is 2.32. The van der Waals surface area contributed by atoms with Crippen LogP contribution in [0.2, 0.25) is 0 Å². The van der Waals surface area contributed by atoms with Gasteiger partial charge in [0.05, 0.1) is 12.1 Å². The maximum absolute atomic E-state index is 11.3. The zero-order chi connectivity index (χ0) is 9.59. The van der Waals surface area contributed by atoms with Crippen molar-refractivity contribution < 1.29 is 4.79 Å². The largest absolute Gasteiger partial charge is 0.336 e. The Balaban J connectivity index is 2.78. The number of hydrogen-bond donors (Lipinski definition) is 2. The number of carbonyl (C=O) groups excluding carboxylic acids is 1. The highest BCUT2D eigenvalue weighted by molar-refractivity contribution is 5.95. The summed E-state index contributed by atoms with van der Waals surface area (Å²) in [6, 6.07) is 0. The van der Waals surface area contributed by atoms with Gasteiger partial charge in [0.1, 0.15) is 5.69 Å². The van der Waals surface area contributed by atoms with Gasteiger partial charge in [0.15, 0.2) is 0 Å². The molecule has 6 nitrogen and oxygen atoms in total. The van der Waals surface area contributed by atoms with Crippen LogP contribution in [0, 0.1) is 0 Å². The summed E-state index contributed by atoms with van der Waals surface area (Å²) in [6.07, 6.45) is 0. The van der Waals surface area contributed by atoms with Crippen molar-refractivity contribution in [1.29, 1.82) is 0 Å². The predicted octanol–water partition coefficient (Wildman–Crippen LogP) is -1.35. The van der Waals surface area contributed by atoms with Crippen LogP contribution in [0.25, 0.3) is 0 Å². The number of hydrogen-bond acceptors (Lipinski definition) is 3. The Hall–Kier alpha value is -1.85. The molecule has 0 fully saturated rings. The van der Waals surface area contributed by atoms with Gasteiger partial charge in [-0.1, -0.05) is 0 Å². The van der Waals surface area contributed by atoms with Gasteiger partial charge in [-0.05, 0) is 0 Å². The van der Waals surface area contributed by atoms with E-state index in [1.54, 1.807) is 7.05 Å². The standard InChI is InChI=1S/C7H7N3O3/c1-10-2-3-4(6(10)12)8-7(13)9-5(3)11/h2H2,1H3,(H2,8,9,11,13). The zero-order valence-corrected chi connectivity index (χ0v) is 6.88. The molecule has 2 N–H and O–H groups in total.